The van der Waals surface area contributed by atoms with Gasteiger partial charge in [-0.2, -0.15) is 0 Å². The summed E-state index contributed by atoms with van der Waals surface area (Å²) in [4.78, 5) is 26.1. The molecule has 0 bridgehead atoms. The molecule has 0 spiro atoms. The lowest BCUT2D eigenvalue weighted by atomic mass is 9.91. The molecule has 3 nitrogen and oxygen atoms in total. The Morgan fingerprint density at radius 2 is 1.95 bits per heavy atom. The molecular weight excluding hydrogens is 250 g/mol. The minimum absolute atomic E-state index is 0.0274. The topological polar surface area (TPSA) is 37.4 Å². The average molecular weight is 273 g/mol. The summed E-state index contributed by atoms with van der Waals surface area (Å²) in [6, 6.07) is 8.12. The molecule has 1 aliphatic rings. The first kappa shape index (κ1) is 14.8. The fraction of sp³-hybridized carbons (Fsp3) is 0.529. The number of carbonyl (C=O) groups excluding carboxylic acids is 2. The molecule has 0 radical (unpaired) electrons. The van der Waals surface area contributed by atoms with E-state index in [0.717, 1.165) is 12.1 Å². The van der Waals surface area contributed by atoms with Crippen molar-refractivity contribution in [1.82, 2.24) is 0 Å². The molecule has 1 heterocycles. The molecule has 20 heavy (non-hydrogen) atoms. The zero-order valence-corrected chi connectivity index (χ0v) is 12.6. The van der Waals surface area contributed by atoms with Crippen LogP contribution < -0.4 is 4.90 Å². The van der Waals surface area contributed by atoms with Gasteiger partial charge in [0.1, 0.15) is 5.78 Å². The molecule has 1 saturated heterocycles. The fourth-order valence-electron chi connectivity index (χ4n) is 2.72. The van der Waals surface area contributed by atoms with E-state index in [-0.39, 0.29) is 11.7 Å². The first-order valence-corrected chi connectivity index (χ1v) is 7.48. The van der Waals surface area contributed by atoms with E-state index in [1.165, 1.54) is 5.56 Å². The standard InChI is InChI=1S/C17H23NO2/c1-4-16(19)15-6-5-11-18(17(15)20)14-9-7-13(8-10-14)12(2)3/h7-10,12,15H,4-6,11H2,1-3H3/t15-/m1/s1. The third-order valence-corrected chi connectivity index (χ3v) is 4.05. The molecule has 0 aliphatic carbocycles. The largest absolute Gasteiger partial charge is 0.312 e. The van der Waals surface area contributed by atoms with Gasteiger partial charge in [0.25, 0.3) is 0 Å². The van der Waals surface area contributed by atoms with Crippen molar-refractivity contribution in [3.8, 4) is 0 Å². The predicted molar refractivity (Wildman–Crippen MR) is 80.9 cm³/mol. The molecule has 0 N–H and O–H groups in total. The highest BCUT2D eigenvalue weighted by atomic mass is 16.2. The van der Waals surface area contributed by atoms with Crippen LogP contribution in [0.5, 0.6) is 0 Å². The second-order valence-corrected chi connectivity index (χ2v) is 5.75. The summed E-state index contributed by atoms with van der Waals surface area (Å²) in [5.74, 6) is 0.0907. The lowest BCUT2D eigenvalue weighted by Crippen LogP contribution is -2.44. The molecule has 1 aliphatic heterocycles. The number of anilines is 1. The smallest absolute Gasteiger partial charge is 0.237 e. The first-order valence-electron chi connectivity index (χ1n) is 7.48. The number of hydrogen-bond donors (Lipinski definition) is 0. The zero-order chi connectivity index (χ0) is 14.7. The van der Waals surface area contributed by atoms with Crippen LogP contribution in [0.3, 0.4) is 0 Å². The highest BCUT2D eigenvalue weighted by Gasteiger charge is 2.33. The summed E-state index contributed by atoms with van der Waals surface area (Å²) in [6.07, 6.45) is 2.04. The van der Waals surface area contributed by atoms with Crippen LogP contribution in [0.1, 0.15) is 51.5 Å². The number of ketones is 1. The van der Waals surface area contributed by atoms with Gasteiger partial charge in [-0.25, -0.2) is 0 Å². The molecule has 1 atom stereocenters. The van der Waals surface area contributed by atoms with Crippen molar-refractivity contribution in [2.24, 2.45) is 5.92 Å². The fourth-order valence-corrected chi connectivity index (χ4v) is 2.72. The molecule has 0 unspecified atom stereocenters. The highest BCUT2D eigenvalue weighted by Crippen LogP contribution is 2.27. The van der Waals surface area contributed by atoms with Crippen LogP contribution in [0, 0.1) is 5.92 Å². The Balaban J connectivity index is 2.19. The number of benzene rings is 1. The van der Waals surface area contributed by atoms with E-state index in [0.29, 0.717) is 25.3 Å². The lowest BCUT2D eigenvalue weighted by molar-refractivity contribution is -0.133. The van der Waals surface area contributed by atoms with E-state index >= 15 is 0 Å². The molecule has 108 valence electrons. The van der Waals surface area contributed by atoms with Crippen molar-refractivity contribution in [3.05, 3.63) is 29.8 Å². The number of Topliss-reactive ketones (excluding diaryl/α,β-unsaturated/α-hetero) is 1. The molecule has 1 amide bonds. The summed E-state index contributed by atoms with van der Waals surface area (Å²) >= 11 is 0. The average Bonchev–Trinajstić information content (AvgIpc) is 2.47. The van der Waals surface area contributed by atoms with Crippen LogP contribution >= 0.6 is 0 Å². The quantitative estimate of drug-likeness (QED) is 0.787. The van der Waals surface area contributed by atoms with Crippen LogP contribution in [-0.4, -0.2) is 18.2 Å². The number of amides is 1. The predicted octanol–water partition coefficient (Wildman–Crippen LogP) is 3.53. The Hall–Kier alpha value is -1.64. The molecular formula is C17H23NO2. The van der Waals surface area contributed by atoms with Crippen LogP contribution in [0.15, 0.2) is 24.3 Å². The van der Waals surface area contributed by atoms with Crippen molar-refractivity contribution >= 4 is 17.4 Å². The summed E-state index contributed by atoms with van der Waals surface area (Å²) in [5, 5.41) is 0. The Labute approximate surface area is 121 Å². The summed E-state index contributed by atoms with van der Waals surface area (Å²) in [6.45, 7) is 6.84. The molecule has 0 aromatic heterocycles. The van der Waals surface area contributed by atoms with Gasteiger partial charge >= 0.3 is 0 Å². The van der Waals surface area contributed by atoms with Crippen molar-refractivity contribution in [2.45, 2.75) is 46.0 Å². The van der Waals surface area contributed by atoms with Gasteiger partial charge in [-0.05, 0) is 36.5 Å². The lowest BCUT2D eigenvalue weighted by Gasteiger charge is -2.31. The first-order chi connectivity index (χ1) is 9.54. The minimum atomic E-state index is -0.432. The van der Waals surface area contributed by atoms with E-state index in [2.05, 4.69) is 26.0 Å². The molecule has 1 fully saturated rings. The van der Waals surface area contributed by atoms with Crippen molar-refractivity contribution in [3.63, 3.8) is 0 Å². The van der Waals surface area contributed by atoms with E-state index in [9.17, 15) is 9.59 Å². The molecule has 1 aromatic carbocycles. The second-order valence-electron chi connectivity index (χ2n) is 5.75. The summed E-state index contributed by atoms with van der Waals surface area (Å²) in [5.41, 5.74) is 2.17. The Kier molecular flexibility index (Phi) is 4.58. The van der Waals surface area contributed by atoms with E-state index in [1.54, 1.807) is 4.90 Å². The van der Waals surface area contributed by atoms with Crippen LogP contribution in [-0.2, 0) is 9.59 Å². The van der Waals surface area contributed by atoms with Crippen molar-refractivity contribution in [2.75, 3.05) is 11.4 Å². The van der Waals surface area contributed by atoms with Crippen molar-refractivity contribution < 1.29 is 9.59 Å². The van der Waals surface area contributed by atoms with Crippen LogP contribution in [0.4, 0.5) is 5.69 Å². The Morgan fingerprint density at radius 1 is 1.30 bits per heavy atom. The Morgan fingerprint density at radius 3 is 2.50 bits per heavy atom. The maximum atomic E-state index is 12.5. The van der Waals surface area contributed by atoms with Gasteiger partial charge in [0.05, 0.1) is 5.92 Å². The highest BCUT2D eigenvalue weighted by molar-refractivity contribution is 6.08. The van der Waals surface area contributed by atoms with Gasteiger partial charge in [0.15, 0.2) is 0 Å². The van der Waals surface area contributed by atoms with E-state index < -0.39 is 5.92 Å². The molecule has 2 rings (SSSR count). The molecule has 0 saturated carbocycles. The van der Waals surface area contributed by atoms with Crippen molar-refractivity contribution in [1.29, 1.82) is 0 Å². The minimum Gasteiger partial charge on any atom is -0.312 e. The third kappa shape index (κ3) is 2.92. The third-order valence-electron chi connectivity index (χ3n) is 4.05. The maximum Gasteiger partial charge on any atom is 0.237 e. The summed E-state index contributed by atoms with van der Waals surface area (Å²) in [7, 11) is 0. The van der Waals surface area contributed by atoms with E-state index in [1.807, 2.05) is 19.1 Å². The van der Waals surface area contributed by atoms with E-state index in [4.69, 9.17) is 0 Å². The maximum absolute atomic E-state index is 12.5. The SMILES string of the molecule is CCC(=O)[C@H]1CCCN(c2ccc(C(C)C)cc2)C1=O. The van der Waals surface area contributed by atoms with Gasteiger partial charge in [-0.3, -0.25) is 9.59 Å². The number of piperidine rings is 1. The van der Waals surface area contributed by atoms with Gasteiger partial charge in [0, 0.05) is 18.7 Å². The Bertz CT molecular complexity index is 490. The molecule has 1 aromatic rings. The van der Waals surface area contributed by atoms with Gasteiger partial charge in [-0.1, -0.05) is 32.9 Å². The second kappa shape index (κ2) is 6.21. The number of hydrogen-bond acceptors (Lipinski definition) is 2. The number of rotatable bonds is 4. The number of nitrogens with zero attached hydrogens (tertiary/aromatic N) is 1. The summed E-state index contributed by atoms with van der Waals surface area (Å²) < 4.78 is 0. The van der Waals surface area contributed by atoms with Crippen LogP contribution in [0.25, 0.3) is 0 Å². The van der Waals surface area contributed by atoms with Gasteiger partial charge in [0.2, 0.25) is 5.91 Å². The van der Waals surface area contributed by atoms with Gasteiger partial charge in [-0.15, -0.1) is 0 Å². The monoisotopic (exact) mass is 273 g/mol. The zero-order valence-electron chi connectivity index (χ0n) is 12.6. The number of carbonyl (C=O) groups is 2. The van der Waals surface area contributed by atoms with Gasteiger partial charge < -0.3 is 4.90 Å². The molecule has 3 heteroatoms. The normalized spacial score (nSPS) is 19.5. The van der Waals surface area contributed by atoms with Crippen LogP contribution in [0.2, 0.25) is 0 Å².